The Labute approximate surface area is 95.4 Å². The van der Waals surface area contributed by atoms with E-state index in [1.807, 2.05) is 13.8 Å². The molecule has 1 N–H and O–H groups in total. The smallest absolute Gasteiger partial charge is 0.319 e. The van der Waals surface area contributed by atoms with Gasteiger partial charge in [0.25, 0.3) is 0 Å². The lowest BCUT2D eigenvalue weighted by Crippen LogP contribution is -2.29. The predicted octanol–water partition coefficient (Wildman–Crippen LogP) is 1.36. The Morgan fingerprint density at radius 2 is 1.88 bits per heavy atom. The highest BCUT2D eigenvalue weighted by Gasteiger charge is 2.30. The Balaban J connectivity index is 3.22. The summed E-state index contributed by atoms with van der Waals surface area (Å²) < 4.78 is 9.99. The van der Waals surface area contributed by atoms with Crippen LogP contribution < -0.4 is 9.47 Å². The number of hydrogen-bond donors (Lipinski definition) is 1. The minimum atomic E-state index is -1.04. The Morgan fingerprint density at radius 1 is 1.25 bits per heavy atom. The maximum atomic E-state index is 10.3. The summed E-state index contributed by atoms with van der Waals surface area (Å²) in [6.07, 6.45) is 0. The van der Waals surface area contributed by atoms with E-state index in [4.69, 9.17) is 9.47 Å². The summed E-state index contributed by atoms with van der Waals surface area (Å²) in [6.45, 7) is 5.54. The lowest BCUT2D eigenvalue weighted by molar-refractivity contribution is 0.00395. The van der Waals surface area contributed by atoms with E-state index in [9.17, 15) is 5.11 Å². The van der Waals surface area contributed by atoms with Gasteiger partial charge in [-0.1, -0.05) is 13.8 Å². The Bertz CT molecular complexity index is 342. The van der Waals surface area contributed by atoms with Gasteiger partial charge >= 0.3 is 6.01 Å². The second kappa shape index (κ2) is 4.65. The van der Waals surface area contributed by atoms with Gasteiger partial charge in [0.15, 0.2) is 0 Å². The summed E-state index contributed by atoms with van der Waals surface area (Å²) >= 11 is 0. The van der Waals surface area contributed by atoms with Crippen LogP contribution in [0.25, 0.3) is 0 Å². The van der Waals surface area contributed by atoms with Crippen LogP contribution in [0.3, 0.4) is 0 Å². The molecule has 1 aromatic heterocycles. The molecule has 1 rings (SSSR count). The van der Waals surface area contributed by atoms with Crippen LogP contribution in [0.4, 0.5) is 0 Å². The summed E-state index contributed by atoms with van der Waals surface area (Å²) in [5, 5.41) is 10.3. The quantitative estimate of drug-likeness (QED) is 0.839. The molecular formula is C11H18N2O3. The molecule has 5 heteroatoms. The van der Waals surface area contributed by atoms with Crippen molar-refractivity contribution in [3.05, 3.63) is 11.8 Å². The fraction of sp³-hybridized carbons (Fsp3) is 0.636. The number of methoxy groups -OCH3 is 2. The molecule has 90 valence electrons. The Kier molecular flexibility index (Phi) is 3.70. The summed E-state index contributed by atoms with van der Waals surface area (Å²) in [5.41, 5.74) is -0.546. The molecule has 0 saturated carbocycles. The van der Waals surface area contributed by atoms with Crippen LogP contribution in [0.5, 0.6) is 11.9 Å². The topological polar surface area (TPSA) is 64.5 Å². The van der Waals surface area contributed by atoms with Gasteiger partial charge in [0.2, 0.25) is 5.88 Å². The number of aromatic nitrogens is 2. The molecule has 1 aromatic rings. The van der Waals surface area contributed by atoms with Gasteiger partial charge in [0, 0.05) is 6.07 Å². The van der Waals surface area contributed by atoms with Crippen LogP contribution >= 0.6 is 0 Å². The van der Waals surface area contributed by atoms with Crippen LogP contribution in [-0.2, 0) is 5.60 Å². The number of aliphatic hydroxyl groups is 1. The maximum absolute atomic E-state index is 10.3. The third kappa shape index (κ3) is 2.41. The molecule has 0 amide bonds. The van der Waals surface area contributed by atoms with E-state index in [2.05, 4.69) is 9.97 Å². The van der Waals surface area contributed by atoms with Crippen LogP contribution in [0.15, 0.2) is 6.07 Å². The molecule has 1 atom stereocenters. The zero-order valence-corrected chi connectivity index (χ0v) is 10.3. The van der Waals surface area contributed by atoms with E-state index in [1.165, 1.54) is 14.2 Å². The molecule has 0 radical (unpaired) electrons. The molecule has 0 fully saturated rings. The van der Waals surface area contributed by atoms with Crippen molar-refractivity contribution in [2.75, 3.05) is 14.2 Å². The fourth-order valence-electron chi connectivity index (χ4n) is 1.15. The monoisotopic (exact) mass is 226 g/mol. The standard InChI is InChI=1S/C11H18N2O3/c1-7(2)11(3,14)8-6-9(15-4)13-10(12-8)16-5/h6-7,14H,1-5H3. The van der Waals surface area contributed by atoms with Gasteiger partial charge in [-0.2, -0.15) is 9.97 Å². The second-order valence-electron chi connectivity index (χ2n) is 4.08. The zero-order valence-electron chi connectivity index (χ0n) is 10.3. The minimum Gasteiger partial charge on any atom is -0.481 e. The van der Waals surface area contributed by atoms with E-state index < -0.39 is 5.60 Å². The van der Waals surface area contributed by atoms with Gasteiger partial charge in [0.1, 0.15) is 5.60 Å². The normalized spacial score (nSPS) is 14.7. The van der Waals surface area contributed by atoms with Crippen molar-refractivity contribution >= 4 is 0 Å². The van der Waals surface area contributed by atoms with E-state index in [1.54, 1.807) is 13.0 Å². The van der Waals surface area contributed by atoms with Gasteiger partial charge in [0.05, 0.1) is 19.9 Å². The zero-order chi connectivity index (χ0) is 12.3. The van der Waals surface area contributed by atoms with Crippen molar-refractivity contribution in [3.63, 3.8) is 0 Å². The number of ether oxygens (including phenoxy) is 2. The lowest BCUT2D eigenvalue weighted by atomic mass is 9.89. The highest BCUT2D eigenvalue weighted by Crippen LogP contribution is 2.30. The summed E-state index contributed by atoms with van der Waals surface area (Å²) in [4.78, 5) is 8.11. The van der Waals surface area contributed by atoms with Gasteiger partial charge in [-0.15, -0.1) is 0 Å². The first-order chi connectivity index (χ1) is 7.41. The van der Waals surface area contributed by atoms with E-state index >= 15 is 0 Å². The maximum Gasteiger partial charge on any atom is 0.319 e. The Morgan fingerprint density at radius 3 is 2.31 bits per heavy atom. The summed E-state index contributed by atoms with van der Waals surface area (Å²) in [7, 11) is 2.98. The average molecular weight is 226 g/mol. The van der Waals surface area contributed by atoms with Gasteiger partial charge in [-0.05, 0) is 12.8 Å². The van der Waals surface area contributed by atoms with Crippen LogP contribution in [0.1, 0.15) is 26.5 Å². The van der Waals surface area contributed by atoms with Crippen molar-refractivity contribution in [2.45, 2.75) is 26.4 Å². The third-order valence-corrected chi connectivity index (χ3v) is 2.72. The molecule has 0 spiro atoms. The first-order valence-electron chi connectivity index (χ1n) is 5.11. The van der Waals surface area contributed by atoms with E-state index in [-0.39, 0.29) is 11.9 Å². The fourth-order valence-corrected chi connectivity index (χ4v) is 1.15. The first kappa shape index (κ1) is 12.7. The number of rotatable bonds is 4. The van der Waals surface area contributed by atoms with Crippen molar-refractivity contribution < 1.29 is 14.6 Å². The van der Waals surface area contributed by atoms with Gasteiger partial charge in [-0.3, -0.25) is 0 Å². The molecule has 0 bridgehead atoms. The molecule has 1 unspecified atom stereocenters. The van der Waals surface area contributed by atoms with Crippen LogP contribution in [0.2, 0.25) is 0 Å². The predicted molar refractivity (Wildman–Crippen MR) is 59.5 cm³/mol. The largest absolute Gasteiger partial charge is 0.481 e. The SMILES string of the molecule is COc1cc(C(C)(O)C(C)C)nc(OC)n1. The molecule has 0 aromatic carbocycles. The van der Waals surface area contributed by atoms with Crippen LogP contribution in [0, 0.1) is 5.92 Å². The highest BCUT2D eigenvalue weighted by molar-refractivity contribution is 5.23. The molecule has 16 heavy (non-hydrogen) atoms. The number of hydrogen-bond acceptors (Lipinski definition) is 5. The van der Waals surface area contributed by atoms with Crippen molar-refractivity contribution in [2.24, 2.45) is 5.92 Å². The molecular weight excluding hydrogens is 208 g/mol. The van der Waals surface area contributed by atoms with Crippen molar-refractivity contribution in [1.82, 2.24) is 9.97 Å². The molecule has 5 nitrogen and oxygen atoms in total. The third-order valence-electron chi connectivity index (χ3n) is 2.72. The second-order valence-corrected chi connectivity index (χ2v) is 4.08. The molecule has 0 aliphatic carbocycles. The molecule has 0 saturated heterocycles. The van der Waals surface area contributed by atoms with Crippen LogP contribution in [-0.4, -0.2) is 29.3 Å². The lowest BCUT2D eigenvalue weighted by Gasteiger charge is -2.27. The van der Waals surface area contributed by atoms with Gasteiger partial charge in [-0.25, -0.2) is 0 Å². The number of nitrogens with zero attached hydrogens (tertiary/aromatic N) is 2. The Hall–Kier alpha value is -1.36. The summed E-state index contributed by atoms with van der Waals surface area (Å²) in [5.74, 6) is 0.402. The van der Waals surface area contributed by atoms with Gasteiger partial charge < -0.3 is 14.6 Å². The van der Waals surface area contributed by atoms with E-state index in [0.29, 0.717) is 11.6 Å². The highest BCUT2D eigenvalue weighted by atomic mass is 16.5. The minimum absolute atomic E-state index is 0.0248. The average Bonchev–Trinajstić information content (AvgIpc) is 2.27. The molecule has 0 aliphatic heterocycles. The van der Waals surface area contributed by atoms with E-state index in [0.717, 1.165) is 0 Å². The molecule has 0 aliphatic rings. The molecule has 1 heterocycles. The van der Waals surface area contributed by atoms with Crippen molar-refractivity contribution in [1.29, 1.82) is 0 Å². The summed E-state index contributed by atoms with van der Waals surface area (Å²) in [6, 6.07) is 1.80. The van der Waals surface area contributed by atoms with Crippen molar-refractivity contribution in [3.8, 4) is 11.9 Å². The first-order valence-corrected chi connectivity index (χ1v) is 5.11.